The van der Waals surface area contributed by atoms with Gasteiger partial charge in [-0.3, -0.25) is 4.90 Å². The second-order valence-electron chi connectivity index (χ2n) is 5.91. The van der Waals surface area contributed by atoms with E-state index in [2.05, 4.69) is 32.6 Å². The number of ether oxygens (including phenoxy) is 2. The summed E-state index contributed by atoms with van der Waals surface area (Å²) >= 11 is 0. The lowest BCUT2D eigenvalue weighted by atomic mass is 10.1. The fraction of sp³-hybridized carbons (Fsp3) is 1.00. The topological polar surface area (TPSA) is 21.7 Å². The van der Waals surface area contributed by atoms with Crippen molar-refractivity contribution in [3.63, 3.8) is 0 Å². The maximum atomic E-state index is 5.89. The number of nitrogens with zero attached hydrogens (tertiary/aromatic N) is 1. The van der Waals surface area contributed by atoms with Crippen LogP contribution in [0.25, 0.3) is 0 Å². The number of hydrogen-bond acceptors (Lipinski definition) is 3. The van der Waals surface area contributed by atoms with Gasteiger partial charge in [-0.15, -0.1) is 0 Å². The molecule has 0 bridgehead atoms. The fourth-order valence-electron chi connectivity index (χ4n) is 2.24. The summed E-state index contributed by atoms with van der Waals surface area (Å²) in [6.45, 7) is 12.5. The van der Waals surface area contributed by atoms with E-state index in [1.54, 1.807) is 7.11 Å². The number of likely N-dealkylation sites (tertiary alicyclic amines) is 1. The SMILES string of the molecule is COCCN1CC(C)CC1COC(C)(C)C. The molecule has 3 heteroatoms. The number of methoxy groups -OCH3 is 1. The predicted octanol–water partition coefficient (Wildman–Crippen LogP) is 2.16. The van der Waals surface area contributed by atoms with Crippen LogP contribution in [0.2, 0.25) is 0 Å². The van der Waals surface area contributed by atoms with Crippen molar-refractivity contribution in [3.8, 4) is 0 Å². The second kappa shape index (κ2) is 5.99. The Morgan fingerprint density at radius 1 is 1.31 bits per heavy atom. The summed E-state index contributed by atoms with van der Waals surface area (Å²) in [7, 11) is 1.76. The summed E-state index contributed by atoms with van der Waals surface area (Å²) < 4.78 is 11.0. The summed E-state index contributed by atoms with van der Waals surface area (Å²) in [4.78, 5) is 2.50. The van der Waals surface area contributed by atoms with Crippen LogP contribution in [-0.4, -0.2) is 50.0 Å². The average Bonchev–Trinajstić information content (AvgIpc) is 2.52. The van der Waals surface area contributed by atoms with Crippen molar-refractivity contribution in [2.45, 2.75) is 45.8 Å². The van der Waals surface area contributed by atoms with Gasteiger partial charge in [0.1, 0.15) is 0 Å². The molecule has 0 amide bonds. The fourth-order valence-corrected chi connectivity index (χ4v) is 2.24. The summed E-state index contributed by atoms with van der Waals surface area (Å²) in [5, 5.41) is 0. The molecule has 0 N–H and O–H groups in total. The third-order valence-electron chi connectivity index (χ3n) is 3.03. The Bertz CT molecular complexity index is 201. The lowest BCUT2D eigenvalue weighted by Crippen LogP contribution is -2.37. The van der Waals surface area contributed by atoms with Crippen LogP contribution in [-0.2, 0) is 9.47 Å². The van der Waals surface area contributed by atoms with Crippen molar-refractivity contribution >= 4 is 0 Å². The van der Waals surface area contributed by atoms with Crippen LogP contribution in [0.5, 0.6) is 0 Å². The van der Waals surface area contributed by atoms with E-state index in [9.17, 15) is 0 Å². The molecule has 1 heterocycles. The molecule has 0 radical (unpaired) electrons. The first-order valence-corrected chi connectivity index (χ1v) is 6.29. The highest BCUT2D eigenvalue weighted by Crippen LogP contribution is 2.23. The molecule has 0 spiro atoms. The highest BCUT2D eigenvalue weighted by atomic mass is 16.5. The predicted molar refractivity (Wildman–Crippen MR) is 66.7 cm³/mol. The summed E-state index contributed by atoms with van der Waals surface area (Å²) in [5.41, 5.74) is -0.0290. The zero-order chi connectivity index (χ0) is 12.2. The van der Waals surface area contributed by atoms with E-state index in [1.807, 2.05) is 0 Å². The molecular weight excluding hydrogens is 202 g/mol. The first kappa shape index (κ1) is 13.9. The molecule has 0 aromatic heterocycles. The van der Waals surface area contributed by atoms with Gasteiger partial charge in [-0.25, -0.2) is 0 Å². The molecule has 0 aromatic carbocycles. The highest BCUT2D eigenvalue weighted by molar-refractivity contribution is 4.83. The number of rotatable bonds is 5. The van der Waals surface area contributed by atoms with Crippen molar-refractivity contribution in [1.82, 2.24) is 4.90 Å². The number of hydrogen-bond donors (Lipinski definition) is 0. The van der Waals surface area contributed by atoms with Crippen LogP contribution in [0.4, 0.5) is 0 Å². The highest BCUT2D eigenvalue weighted by Gasteiger charge is 2.30. The van der Waals surface area contributed by atoms with Gasteiger partial charge in [0.05, 0.1) is 18.8 Å². The van der Waals surface area contributed by atoms with E-state index < -0.39 is 0 Å². The molecule has 0 aliphatic carbocycles. The average molecular weight is 229 g/mol. The molecule has 1 aliphatic heterocycles. The Balaban J connectivity index is 2.37. The van der Waals surface area contributed by atoms with Crippen molar-refractivity contribution in [2.75, 3.05) is 33.4 Å². The zero-order valence-corrected chi connectivity index (χ0v) is 11.5. The van der Waals surface area contributed by atoms with Gasteiger partial charge in [0, 0.05) is 26.2 Å². The van der Waals surface area contributed by atoms with E-state index >= 15 is 0 Å². The van der Waals surface area contributed by atoms with Gasteiger partial charge >= 0.3 is 0 Å². The Morgan fingerprint density at radius 3 is 2.56 bits per heavy atom. The van der Waals surface area contributed by atoms with Crippen molar-refractivity contribution in [3.05, 3.63) is 0 Å². The lowest BCUT2D eigenvalue weighted by Gasteiger charge is -2.28. The van der Waals surface area contributed by atoms with E-state index in [-0.39, 0.29) is 5.60 Å². The van der Waals surface area contributed by atoms with Crippen LogP contribution < -0.4 is 0 Å². The van der Waals surface area contributed by atoms with Crippen LogP contribution in [0.3, 0.4) is 0 Å². The summed E-state index contributed by atoms with van der Waals surface area (Å²) in [5.74, 6) is 0.783. The third kappa shape index (κ3) is 4.81. The molecule has 1 saturated heterocycles. The maximum absolute atomic E-state index is 5.89. The minimum absolute atomic E-state index is 0.0290. The maximum Gasteiger partial charge on any atom is 0.0629 e. The van der Waals surface area contributed by atoms with E-state index in [4.69, 9.17) is 9.47 Å². The van der Waals surface area contributed by atoms with Gasteiger partial charge < -0.3 is 9.47 Å². The minimum Gasteiger partial charge on any atom is -0.383 e. The van der Waals surface area contributed by atoms with Gasteiger partial charge in [-0.1, -0.05) is 6.92 Å². The van der Waals surface area contributed by atoms with Gasteiger partial charge in [0.2, 0.25) is 0 Å². The molecule has 2 unspecified atom stereocenters. The third-order valence-corrected chi connectivity index (χ3v) is 3.03. The van der Waals surface area contributed by atoms with E-state index in [1.165, 1.54) is 13.0 Å². The molecule has 1 aliphatic rings. The molecule has 1 fully saturated rings. The smallest absolute Gasteiger partial charge is 0.0629 e. The first-order chi connectivity index (χ1) is 7.42. The quantitative estimate of drug-likeness (QED) is 0.721. The van der Waals surface area contributed by atoms with E-state index in [0.717, 1.165) is 25.7 Å². The van der Waals surface area contributed by atoms with Gasteiger partial charge in [0.15, 0.2) is 0 Å². The molecule has 2 atom stereocenters. The van der Waals surface area contributed by atoms with Crippen LogP contribution >= 0.6 is 0 Å². The monoisotopic (exact) mass is 229 g/mol. The molecule has 0 aromatic rings. The Hall–Kier alpha value is -0.120. The second-order valence-corrected chi connectivity index (χ2v) is 5.91. The van der Waals surface area contributed by atoms with Gasteiger partial charge in [0.25, 0.3) is 0 Å². The van der Waals surface area contributed by atoms with Gasteiger partial charge in [-0.05, 0) is 33.1 Å². The molecule has 3 nitrogen and oxygen atoms in total. The van der Waals surface area contributed by atoms with Crippen molar-refractivity contribution in [2.24, 2.45) is 5.92 Å². The lowest BCUT2D eigenvalue weighted by molar-refractivity contribution is -0.0303. The van der Waals surface area contributed by atoms with E-state index in [0.29, 0.717) is 6.04 Å². The molecule has 1 rings (SSSR count). The first-order valence-electron chi connectivity index (χ1n) is 6.29. The molecule has 0 saturated carbocycles. The van der Waals surface area contributed by atoms with Crippen molar-refractivity contribution < 1.29 is 9.47 Å². The Kier molecular flexibility index (Phi) is 5.22. The van der Waals surface area contributed by atoms with Crippen molar-refractivity contribution in [1.29, 1.82) is 0 Å². The molecular formula is C13H27NO2. The Labute approximate surface area is 100 Å². The Morgan fingerprint density at radius 2 is 2.00 bits per heavy atom. The van der Waals surface area contributed by atoms with Crippen LogP contribution in [0.1, 0.15) is 34.1 Å². The van der Waals surface area contributed by atoms with Crippen LogP contribution in [0, 0.1) is 5.92 Å². The summed E-state index contributed by atoms with van der Waals surface area (Å²) in [6, 6.07) is 0.573. The minimum atomic E-state index is -0.0290. The van der Waals surface area contributed by atoms with Gasteiger partial charge in [-0.2, -0.15) is 0 Å². The molecule has 16 heavy (non-hydrogen) atoms. The molecule has 96 valence electrons. The largest absolute Gasteiger partial charge is 0.383 e. The standard InChI is InChI=1S/C13H27NO2/c1-11-8-12(10-16-13(2,3)4)14(9-11)6-7-15-5/h11-12H,6-10H2,1-5H3. The van der Waals surface area contributed by atoms with Crippen LogP contribution in [0.15, 0.2) is 0 Å². The summed E-state index contributed by atoms with van der Waals surface area (Å²) in [6.07, 6.45) is 1.25. The normalized spacial score (nSPS) is 27.6. The zero-order valence-electron chi connectivity index (χ0n) is 11.5.